The van der Waals surface area contributed by atoms with Gasteiger partial charge in [0.25, 0.3) is 0 Å². The van der Waals surface area contributed by atoms with Crippen LogP contribution in [0.5, 0.6) is 0 Å². The lowest BCUT2D eigenvalue weighted by Gasteiger charge is -2.10. The summed E-state index contributed by atoms with van der Waals surface area (Å²) in [6, 6.07) is 0. The number of rotatable bonds is 0. The number of nitrogens with zero attached hydrogens (tertiary/aromatic N) is 2. The second-order valence-corrected chi connectivity index (χ2v) is 3.11. The summed E-state index contributed by atoms with van der Waals surface area (Å²) in [7, 11) is 0. The lowest BCUT2D eigenvalue weighted by molar-refractivity contribution is 0.637. The zero-order chi connectivity index (χ0) is 6.20. The molecule has 1 heterocycles. The monoisotopic (exact) mass is 174 g/mol. The van der Waals surface area contributed by atoms with Crippen molar-refractivity contribution in [2.75, 3.05) is 0 Å². The first-order chi connectivity index (χ1) is 3.63. The predicted molar refractivity (Wildman–Crippen MR) is 35.9 cm³/mol. The minimum atomic E-state index is -0.111. The highest BCUT2D eigenvalue weighted by atomic mass is 79.9. The second-order valence-electron chi connectivity index (χ2n) is 2.25. The van der Waals surface area contributed by atoms with E-state index in [9.17, 15) is 0 Å². The van der Waals surface area contributed by atoms with E-state index in [2.05, 4.69) is 26.2 Å². The third kappa shape index (κ3) is 0.823. The van der Waals surface area contributed by atoms with Crippen LogP contribution in [-0.4, -0.2) is 5.54 Å². The Morgan fingerprint density at radius 3 is 2.38 bits per heavy atom. The molecule has 0 aliphatic carbocycles. The average molecular weight is 175 g/mol. The summed E-state index contributed by atoms with van der Waals surface area (Å²) in [5.74, 6) is 0. The van der Waals surface area contributed by atoms with Crippen LogP contribution in [0.25, 0.3) is 0 Å². The maximum Gasteiger partial charge on any atom is 0.109 e. The molecule has 0 spiro atoms. The SMILES string of the molecule is CC1(C)N=NC=C1Br. The van der Waals surface area contributed by atoms with Crippen LogP contribution in [0.2, 0.25) is 0 Å². The van der Waals surface area contributed by atoms with E-state index in [1.54, 1.807) is 6.20 Å². The van der Waals surface area contributed by atoms with Crippen molar-refractivity contribution in [3.05, 3.63) is 10.7 Å². The van der Waals surface area contributed by atoms with Crippen LogP contribution in [0, 0.1) is 0 Å². The largest absolute Gasteiger partial charge is 0.178 e. The molecule has 0 fully saturated rings. The highest BCUT2D eigenvalue weighted by Crippen LogP contribution is 2.30. The molecule has 0 amide bonds. The number of hydrogen-bond donors (Lipinski definition) is 0. The zero-order valence-corrected chi connectivity index (χ0v) is 6.44. The molecule has 0 saturated heterocycles. The molecule has 0 bridgehead atoms. The van der Waals surface area contributed by atoms with Crippen LogP contribution in [0.15, 0.2) is 20.9 Å². The smallest absolute Gasteiger partial charge is 0.109 e. The van der Waals surface area contributed by atoms with E-state index in [0.29, 0.717) is 0 Å². The molecule has 0 atom stereocenters. The Kier molecular flexibility index (Phi) is 1.23. The van der Waals surface area contributed by atoms with Gasteiger partial charge in [-0.25, -0.2) is 0 Å². The van der Waals surface area contributed by atoms with Crippen LogP contribution >= 0.6 is 15.9 Å². The minimum Gasteiger partial charge on any atom is -0.178 e. The molecule has 1 aliphatic heterocycles. The van der Waals surface area contributed by atoms with Crippen LogP contribution in [-0.2, 0) is 0 Å². The van der Waals surface area contributed by atoms with Gasteiger partial charge in [-0.05, 0) is 13.8 Å². The van der Waals surface area contributed by atoms with Gasteiger partial charge in [0.2, 0.25) is 0 Å². The molecular weight excluding hydrogens is 168 g/mol. The summed E-state index contributed by atoms with van der Waals surface area (Å²) in [6.45, 7) is 4.01. The Morgan fingerprint density at radius 2 is 2.25 bits per heavy atom. The molecule has 0 N–H and O–H groups in total. The number of azo groups is 1. The maximum atomic E-state index is 3.93. The maximum absolute atomic E-state index is 3.93. The molecular formula is C5H7BrN2. The second kappa shape index (κ2) is 1.65. The van der Waals surface area contributed by atoms with Gasteiger partial charge in [0.15, 0.2) is 0 Å². The fourth-order valence-electron chi connectivity index (χ4n) is 0.430. The Hall–Kier alpha value is -0.180. The van der Waals surface area contributed by atoms with Gasteiger partial charge < -0.3 is 0 Å². The van der Waals surface area contributed by atoms with E-state index < -0.39 is 0 Å². The molecule has 0 aromatic heterocycles. The molecule has 0 radical (unpaired) electrons. The van der Waals surface area contributed by atoms with Gasteiger partial charge in [-0.15, -0.1) is 0 Å². The molecule has 1 rings (SSSR count). The van der Waals surface area contributed by atoms with Gasteiger partial charge in [0.05, 0.1) is 6.20 Å². The van der Waals surface area contributed by atoms with Crippen molar-refractivity contribution in [2.45, 2.75) is 19.4 Å². The third-order valence-corrected chi connectivity index (χ3v) is 2.24. The summed E-state index contributed by atoms with van der Waals surface area (Å²) >= 11 is 3.33. The first-order valence-corrected chi connectivity index (χ1v) is 3.20. The Bertz CT molecular complexity index is 158. The summed E-state index contributed by atoms with van der Waals surface area (Å²) in [5, 5.41) is 7.67. The van der Waals surface area contributed by atoms with Crippen LogP contribution in [0.1, 0.15) is 13.8 Å². The highest BCUT2D eigenvalue weighted by Gasteiger charge is 2.23. The fraction of sp³-hybridized carbons (Fsp3) is 0.600. The first-order valence-electron chi connectivity index (χ1n) is 2.41. The standard InChI is InChI=1S/C5H7BrN2/c1-5(2)4(6)3-7-8-5/h3H,1-2H3. The molecule has 3 heteroatoms. The van der Waals surface area contributed by atoms with Crippen molar-refractivity contribution in [3.8, 4) is 0 Å². The molecule has 0 unspecified atom stereocenters. The van der Waals surface area contributed by atoms with E-state index in [1.807, 2.05) is 13.8 Å². The van der Waals surface area contributed by atoms with Gasteiger partial charge in [-0.2, -0.15) is 10.2 Å². The van der Waals surface area contributed by atoms with Crippen LogP contribution in [0.3, 0.4) is 0 Å². The average Bonchev–Trinajstić information content (AvgIpc) is 1.86. The van der Waals surface area contributed by atoms with Crippen molar-refractivity contribution in [3.63, 3.8) is 0 Å². The molecule has 44 valence electrons. The summed E-state index contributed by atoms with van der Waals surface area (Å²) < 4.78 is 1.05. The topological polar surface area (TPSA) is 24.7 Å². The van der Waals surface area contributed by atoms with Crippen molar-refractivity contribution in [2.24, 2.45) is 10.2 Å². The Morgan fingerprint density at radius 1 is 1.62 bits per heavy atom. The number of halogens is 1. The van der Waals surface area contributed by atoms with E-state index in [-0.39, 0.29) is 5.54 Å². The highest BCUT2D eigenvalue weighted by molar-refractivity contribution is 9.11. The van der Waals surface area contributed by atoms with Gasteiger partial charge in [0.1, 0.15) is 5.54 Å². The molecule has 2 nitrogen and oxygen atoms in total. The fourth-order valence-corrected chi connectivity index (χ4v) is 0.600. The van der Waals surface area contributed by atoms with Crippen molar-refractivity contribution in [1.29, 1.82) is 0 Å². The van der Waals surface area contributed by atoms with E-state index in [1.165, 1.54) is 0 Å². The predicted octanol–water partition coefficient (Wildman–Crippen LogP) is 2.47. The van der Waals surface area contributed by atoms with Gasteiger partial charge in [-0.3, -0.25) is 0 Å². The zero-order valence-electron chi connectivity index (χ0n) is 4.85. The summed E-state index contributed by atoms with van der Waals surface area (Å²) in [6.07, 6.45) is 1.72. The Labute approximate surface area is 56.8 Å². The molecule has 0 aromatic rings. The van der Waals surface area contributed by atoms with Crippen molar-refractivity contribution < 1.29 is 0 Å². The van der Waals surface area contributed by atoms with Crippen molar-refractivity contribution >= 4 is 15.9 Å². The van der Waals surface area contributed by atoms with Crippen LogP contribution in [0.4, 0.5) is 0 Å². The first kappa shape index (κ1) is 5.95. The molecule has 0 aromatic carbocycles. The normalized spacial score (nSPS) is 23.6. The molecule has 0 saturated carbocycles. The van der Waals surface area contributed by atoms with E-state index in [4.69, 9.17) is 0 Å². The summed E-state index contributed by atoms with van der Waals surface area (Å²) in [4.78, 5) is 0. The lowest BCUT2D eigenvalue weighted by Crippen LogP contribution is -2.12. The van der Waals surface area contributed by atoms with Gasteiger partial charge in [-0.1, -0.05) is 15.9 Å². The van der Waals surface area contributed by atoms with E-state index in [0.717, 1.165) is 4.48 Å². The van der Waals surface area contributed by atoms with Gasteiger partial charge in [0, 0.05) is 4.48 Å². The third-order valence-electron chi connectivity index (χ3n) is 1.06. The van der Waals surface area contributed by atoms with Crippen molar-refractivity contribution in [1.82, 2.24) is 0 Å². The molecule has 1 aliphatic rings. The number of hydrogen-bond acceptors (Lipinski definition) is 2. The molecule has 8 heavy (non-hydrogen) atoms. The summed E-state index contributed by atoms with van der Waals surface area (Å²) in [5.41, 5.74) is -0.111. The minimum absolute atomic E-state index is 0.111. The lowest BCUT2D eigenvalue weighted by atomic mass is 10.1. The quantitative estimate of drug-likeness (QED) is 0.540. The Balaban J connectivity index is 2.87. The van der Waals surface area contributed by atoms with Gasteiger partial charge >= 0.3 is 0 Å². The van der Waals surface area contributed by atoms with Crippen LogP contribution < -0.4 is 0 Å². The van der Waals surface area contributed by atoms with E-state index >= 15 is 0 Å².